The van der Waals surface area contributed by atoms with Crippen LogP contribution in [0, 0.1) is 0 Å². The monoisotopic (exact) mass is 331 g/mol. The van der Waals surface area contributed by atoms with E-state index in [1.54, 1.807) is 24.2 Å². The molecule has 1 fully saturated rings. The zero-order valence-electron chi connectivity index (χ0n) is 13.2. The van der Waals surface area contributed by atoms with Gasteiger partial charge in [-0.25, -0.2) is 4.98 Å². The molecule has 5 nitrogen and oxygen atoms in total. The van der Waals surface area contributed by atoms with Gasteiger partial charge in [0.05, 0.1) is 25.6 Å². The number of nitrogens with zero attached hydrogens (tertiary/aromatic N) is 2. The van der Waals surface area contributed by atoms with Gasteiger partial charge < -0.3 is 14.8 Å². The van der Waals surface area contributed by atoms with E-state index in [1.807, 2.05) is 25.1 Å². The molecule has 0 saturated carbocycles. The van der Waals surface area contributed by atoms with Crippen LogP contribution in [0.4, 0.5) is 5.82 Å². The summed E-state index contributed by atoms with van der Waals surface area (Å²) in [6.45, 7) is 4.04. The maximum Gasteiger partial charge on any atom is 0.167 e. The number of benzene rings is 1. The first-order valence-corrected chi connectivity index (χ1v) is 8.73. The van der Waals surface area contributed by atoms with E-state index in [2.05, 4.69) is 27.4 Å². The predicted molar refractivity (Wildman–Crippen MR) is 91.5 cm³/mol. The molecular weight excluding hydrogens is 310 g/mol. The quantitative estimate of drug-likeness (QED) is 0.785. The zero-order chi connectivity index (χ0) is 16.0. The Balaban J connectivity index is 1.49. The van der Waals surface area contributed by atoms with Crippen LogP contribution in [0.25, 0.3) is 0 Å². The van der Waals surface area contributed by atoms with Crippen molar-refractivity contribution >= 4 is 17.6 Å². The largest absolute Gasteiger partial charge is 0.369 e. The van der Waals surface area contributed by atoms with Crippen molar-refractivity contribution in [3.05, 3.63) is 48.3 Å². The van der Waals surface area contributed by atoms with Crippen molar-refractivity contribution in [2.24, 2.45) is 0 Å². The van der Waals surface area contributed by atoms with Crippen molar-refractivity contribution < 1.29 is 9.47 Å². The minimum absolute atomic E-state index is 0.472. The fourth-order valence-electron chi connectivity index (χ4n) is 2.35. The van der Waals surface area contributed by atoms with Gasteiger partial charge in [-0.05, 0) is 12.5 Å². The van der Waals surface area contributed by atoms with Crippen LogP contribution in [0.2, 0.25) is 0 Å². The Morgan fingerprint density at radius 3 is 2.74 bits per heavy atom. The molecule has 0 bridgehead atoms. The zero-order valence-corrected chi connectivity index (χ0v) is 14.0. The fraction of sp³-hybridized carbons (Fsp3) is 0.412. The predicted octanol–water partition coefficient (Wildman–Crippen LogP) is 3.33. The lowest BCUT2D eigenvalue weighted by Gasteiger charge is -2.22. The van der Waals surface area contributed by atoms with Gasteiger partial charge >= 0.3 is 0 Å². The summed E-state index contributed by atoms with van der Waals surface area (Å²) in [7, 11) is 0. The number of hydrogen-bond donors (Lipinski definition) is 1. The highest BCUT2D eigenvalue weighted by molar-refractivity contribution is 7.98. The molecule has 2 aromatic rings. The van der Waals surface area contributed by atoms with Crippen molar-refractivity contribution in [3.8, 4) is 0 Å². The number of nitrogens with one attached hydrogen (secondary N) is 1. The van der Waals surface area contributed by atoms with Gasteiger partial charge in [-0.15, -0.1) is 11.8 Å². The van der Waals surface area contributed by atoms with Gasteiger partial charge in [0.1, 0.15) is 10.8 Å². The Hall–Kier alpha value is -1.63. The Labute approximate surface area is 140 Å². The third-order valence-corrected chi connectivity index (χ3v) is 4.60. The summed E-state index contributed by atoms with van der Waals surface area (Å²) in [5.41, 5.74) is 1.28. The first-order valence-electron chi connectivity index (χ1n) is 7.74. The molecule has 1 N–H and O–H groups in total. The smallest absolute Gasteiger partial charge is 0.167 e. The second kappa shape index (κ2) is 7.77. The van der Waals surface area contributed by atoms with Crippen molar-refractivity contribution in [2.75, 3.05) is 25.1 Å². The minimum Gasteiger partial charge on any atom is -0.369 e. The van der Waals surface area contributed by atoms with E-state index in [4.69, 9.17) is 9.47 Å². The van der Waals surface area contributed by atoms with Crippen molar-refractivity contribution in [1.82, 2.24) is 9.97 Å². The van der Waals surface area contributed by atoms with E-state index in [0.717, 1.165) is 29.6 Å². The van der Waals surface area contributed by atoms with Gasteiger partial charge in [0.2, 0.25) is 0 Å². The lowest BCUT2D eigenvalue weighted by molar-refractivity contribution is -0.144. The number of ether oxygens (including phenoxy) is 2. The van der Waals surface area contributed by atoms with Crippen molar-refractivity contribution in [2.45, 2.75) is 29.9 Å². The van der Waals surface area contributed by atoms with Crippen molar-refractivity contribution in [3.63, 3.8) is 0 Å². The van der Waals surface area contributed by atoms with Gasteiger partial charge in [0.15, 0.2) is 5.79 Å². The van der Waals surface area contributed by atoms with Crippen LogP contribution in [0.15, 0.2) is 47.8 Å². The molecule has 1 aromatic heterocycles. The molecule has 122 valence electrons. The maximum atomic E-state index is 5.59. The molecule has 0 spiro atoms. The highest BCUT2D eigenvalue weighted by Crippen LogP contribution is 2.23. The average Bonchev–Trinajstić information content (AvgIpc) is 3.01. The molecule has 1 aliphatic rings. The molecule has 1 saturated heterocycles. The van der Waals surface area contributed by atoms with E-state index in [-0.39, 0.29) is 0 Å². The molecule has 3 rings (SSSR count). The molecule has 0 radical (unpaired) electrons. The van der Waals surface area contributed by atoms with E-state index in [1.165, 1.54) is 5.56 Å². The van der Waals surface area contributed by atoms with Crippen LogP contribution in [0.3, 0.4) is 0 Å². The molecule has 0 aliphatic carbocycles. The molecule has 0 amide bonds. The third kappa shape index (κ3) is 4.92. The number of anilines is 1. The van der Waals surface area contributed by atoms with Crippen LogP contribution in [0.5, 0.6) is 0 Å². The van der Waals surface area contributed by atoms with E-state index in [9.17, 15) is 0 Å². The number of thioether (sulfide) groups is 1. The highest BCUT2D eigenvalue weighted by Gasteiger charge is 2.30. The van der Waals surface area contributed by atoms with Gasteiger partial charge in [0, 0.05) is 18.7 Å². The SMILES string of the molecule is CC1(CCNc2cncc(SCc3ccccc3)n2)OCCO1. The van der Waals surface area contributed by atoms with E-state index >= 15 is 0 Å². The Morgan fingerprint density at radius 2 is 1.96 bits per heavy atom. The van der Waals surface area contributed by atoms with E-state index < -0.39 is 5.79 Å². The van der Waals surface area contributed by atoms with E-state index in [0.29, 0.717) is 13.2 Å². The third-order valence-electron chi connectivity index (χ3n) is 3.63. The van der Waals surface area contributed by atoms with Gasteiger partial charge in [-0.3, -0.25) is 4.98 Å². The highest BCUT2D eigenvalue weighted by atomic mass is 32.2. The topological polar surface area (TPSA) is 56.3 Å². The lowest BCUT2D eigenvalue weighted by atomic mass is 10.2. The second-order valence-electron chi connectivity index (χ2n) is 5.52. The number of hydrogen-bond acceptors (Lipinski definition) is 6. The molecule has 1 aromatic carbocycles. The van der Waals surface area contributed by atoms with Gasteiger partial charge in [-0.2, -0.15) is 0 Å². The van der Waals surface area contributed by atoms with Crippen LogP contribution >= 0.6 is 11.8 Å². The van der Waals surface area contributed by atoms with Gasteiger partial charge in [0.25, 0.3) is 0 Å². The van der Waals surface area contributed by atoms with Crippen molar-refractivity contribution in [1.29, 1.82) is 0 Å². The molecule has 2 heterocycles. The molecule has 1 aliphatic heterocycles. The molecule has 0 unspecified atom stereocenters. The standard InChI is InChI=1S/C17H21N3O2S/c1-17(21-9-10-22-17)7-8-19-15-11-18-12-16(20-15)23-13-14-5-3-2-4-6-14/h2-6,11-12H,7-10,13H2,1H3,(H,19,20). The summed E-state index contributed by atoms with van der Waals surface area (Å²) < 4.78 is 11.2. The molecular formula is C17H21N3O2S. The summed E-state index contributed by atoms with van der Waals surface area (Å²) in [5.74, 6) is 1.20. The second-order valence-corrected chi connectivity index (χ2v) is 6.52. The first-order chi connectivity index (χ1) is 11.2. The molecule has 23 heavy (non-hydrogen) atoms. The van der Waals surface area contributed by atoms with Crippen LogP contribution in [0.1, 0.15) is 18.9 Å². The molecule has 6 heteroatoms. The Morgan fingerprint density at radius 1 is 1.17 bits per heavy atom. The molecule has 0 atom stereocenters. The number of aromatic nitrogens is 2. The minimum atomic E-state index is -0.472. The maximum absolute atomic E-state index is 5.59. The summed E-state index contributed by atoms with van der Waals surface area (Å²) in [4.78, 5) is 8.84. The first kappa shape index (κ1) is 16.2. The Bertz CT molecular complexity index is 618. The fourth-order valence-corrected chi connectivity index (χ4v) is 3.16. The summed E-state index contributed by atoms with van der Waals surface area (Å²) in [5, 5.41) is 4.20. The van der Waals surface area contributed by atoms with Gasteiger partial charge in [-0.1, -0.05) is 30.3 Å². The van der Waals surface area contributed by atoms with Crippen LogP contribution in [-0.2, 0) is 15.2 Å². The normalized spacial score (nSPS) is 16.4. The van der Waals surface area contributed by atoms with Crippen LogP contribution < -0.4 is 5.32 Å². The summed E-state index contributed by atoms with van der Waals surface area (Å²) in [6, 6.07) is 10.4. The Kier molecular flexibility index (Phi) is 5.48. The van der Waals surface area contributed by atoms with Crippen LogP contribution in [-0.4, -0.2) is 35.5 Å². The summed E-state index contributed by atoms with van der Waals surface area (Å²) in [6.07, 6.45) is 4.31. The lowest BCUT2D eigenvalue weighted by Crippen LogP contribution is -2.28. The average molecular weight is 331 g/mol. The summed E-state index contributed by atoms with van der Waals surface area (Å²) >= 11 is 1.68. The number of rotatable bonds is 7.